The Hall–Kier alpha value is -0.626. The third kappa shape index (κ3) is 9.72. The standard InChI is InChI=1S/C16H26O3Si.C6H15ClSi/c1-16(2,3)20(4,5)19-12-14(15(17)18)11-13-9-7-6-8-10-13;1-6(2,3)8(4,5)7/h6-10,14H,11-12H2,1-5H3,(H,17,18);1-5H3. The summed E-state index contributed by atoms with van der Waals surface area (Å²) in [5.74, 6) is -1.26. The fraction of sp³-hybridized carbons (Fsp3) is 0.682. The highest BCUT2D eigenvalue weighted by atomic mass is 35.6. The number of hydrogen-bond acceptors (Lipinski definition) is 2. The van der Waals surface area contributed by atoms with E-state index in [1.807, 2.05) is 30.3 Å². The Balaban J connectivity index is 0.000000769. The molecule has 0 spiro atoms. The van der Waals surface area contributed by atoms with E-state index < -0.39 is 27.6 Å². The van der Waals surface area contributed by atoms with Crippen molar-refractivity contribution in [2.75, 3.05) is 6.61 Å². The Bertz CT molecular complexity index is 585. The molecule has 1 unspecified atom stereocenters. The SMILES string of the molecule is CC(C)(C)[Si](C)(C)Cl.CC(C)(C)[Si](C)(C)OCC(Cc1ccccc1)C(=O)O. The Morgan fingerprint density at radius 2 is 1.43 bits per heavy atom. The van der Waals surface area contributed by atoms with E-state index in [2.05, 4.69) is 67.7 Å². The largest absolute Gasteiger partial charge is 0.481 e. The smallest absolute Gasteiger partial charge is 0.309 e. The Morgan fingerprint density at radius 3 is 1.75 bits per heavy atom. The van der Waals surface area contributed by atoms with Crippen LogP contribution in [0.1, 0.15) is 47.1 Å². The van der Waals surface area contributed by atoms with Gasteiger partial charge in [0.05, 0.1) is 5.92 Å². The summed E-state index contributed by atoms with van der Waals surface area (Å²) >= 11 is 6.15. The molecule has 0 amide bonds. The average Bonchev–Trinajstić information content (AvgIpc) is 2.49. The van der Waals surface area contributed by atoms with Crippen LogP contribution in [0.2, 0.25) is 36.3 Å². The summed E-state index contributed by atoms with van der Waals surface area (Å²) in [7, 11) is -3.28. The topological polar surface area (TPSA) is 46.5 Å². The monoisotopic (exact) mass is 444 g/mol. The lowest BCUT2D eigenvalue weighted by Crippen LogP contribution is -2.42. The molecule has 28 heavy (non-hydrogen) atoms. The number of carbonyl (C=O) groups is 1. The van der Waals surface area contributed by atoms with Gasteiger partial charge in [0, 0.05) is 6.61 Å². The van der Waals surface area contributed by atoms with Gasteiger partial charge in [0.1, 0.15) is 0 Å². The molecule has 0 aliphatic heterocycles. The molecule has 1 rings (SSSR count). The molecule has 0 heterocycles. The van der Waals surface area contributed by atoms with Crippen molar-refractivity contribution in [2.24, 2.45) is 5.92 Å². The minimum atomic E-state index is -1.89. The number of aliphatic carboxylic acids is 1. The molecule has 1 atom stereocenters. The van der Waals surface area contributed by atoms with E-state index in [0.717, 1.165) is 5.56 Å². The molecule has 0 aliphatic carbocycles. The van der Waals surface area contributed by atoms with E-state index in [4.69, 9.17) is 15.5 Å². The minimum Gasteiger partial charge on any atom is -0.481 e. The van der Waals surface area contributed by atoms with Crippen LogP contribution < -0.4 is 0 Å². The second kappa shape index (κ2) is 10.4. The van der Waals surface area contributed by atoms with E-state index in [9.17, 15) is 9.90 Å². The zero-order valence-electron chi connectivity index (χ0n) is 19.5. The van der Waals surface area contributed by atoms with Crippen LogP contribution in [0.5, 0.6) is 0 Å². The quantitative estimate of drug-likeness (QED) is 0.373. The first-order chi connectivity index (χ1) is 12.4. The predicted molar refractivity (Wildman–Crippen MR) is 127 cm³/mol. The Kier molecular flexibility index (Phi) is 10.2. The van der Waals surface area contributed by atoms with Crippen LogP contribution in [0.15, 0.2) is 30.3 Å². The highest BCUT2D eigenvalue weighted by Crippen LogP contribution is 2.38. The van der Waals surface area contributed by atoms with Gasteiger partial charge in [-0.15, -0.1) is 0 Å². The lowest BCUT2D eigenvalue weighted by atomic mass is 10.0. The van der Waals surface area contributed by atoms with Crippen molar-refractivity contribution in [1.82, 2.24) is 0 Å². The lowest BCUT2D eigenvalue weighted by Gasteiger charge is -2.36. The lowest BCUT2D eigenvalue weighted by molar-refractivity contribution is -0.142. The molecule has 0 fully saturated rings. The third-order valence-corrected chi connectivity index (χ3v) is 15.7. The average molecular weight is 445 g/mol. The fourth-order valence-electron chi connectivity index (χ4n) is 1.64. The Morgan fingerprint density at radius 1 is 1.00 bits per heavy atom. The molecule has 0 bridgehead atoms. The van der Waals surface area contributed by atoms with Gasteiger partial charge < -0.3 is 9.53 Å². The zero-order valence-corrected chi connectivity index (χ0v) is 22.3. The van der Waals surface area contributed by atoms with Crippen LogP contribution in [-0.4, -0.2) is 33.4 Å². The van der Waals surface area contributed by atoms with Gasteiger partial charge in [-0.3, -0.25) is 4.79 Å². The summed E-state index contributed by atoms with van der Waals surface area (Å²) in [4.78, 5) is 11.4. The maximum absolute atomic E-state index is 11.4. The summed E-state index contributed by atoms with van der Waals surface area (Å²) in [6, 6.07) is 9.72. The van der Waals surface area contributed by atoms with E-state index in [1.54, 1.807) is 0 Å². The van der Waals surface area contributed by atoms with Crippen molar-refractivity contribution < 1.29 is 14.3 Å². The van der Waals surface area contributed by atoms with Crippen molar-refractivity contribution in [3.8, 4) is 0 Å². The second-order valence-electron chi connectivity index (χ2n) is 10.5. The van der Waals surface area contributed by atoms with Crippen molar-refractivity contribution in [1.29, 1.82) is 0 Å². The van der Waals surface area contributed by atoms with Gasteiger partial charge in [-0.05, 0) is 35.2 Å². The fourth-order valence-corrected chi connectivity index (χ4v) is 2.69. The van der Waals surface area contributed by atoms with Crippen LogP contribution in [0.25, 0.3) is 0 Å². The van der Waals surface area contributed by atoms with Crippen molar-refractivity contribution in [2.45, 2.75) is 84.2 Å². The van der Waals surface area contributed by atoms with Gasteiger partial charge in [0.2, 0.25) is 0 Å². The molecule has 0 radical (unpaired) electrons. The number of halogens is 1. The van der Waals surface area contributed by atoms with Crippen LogP contribution in [0.4, 0.5) is 0 Å². The maximum Gasteiger partial charge on any atom is 0.309 e. The summed E-state index contributed by atoms with van der Waals surface area (Å²) in [6.07, 6.45) is 0.519. The maximum atomic E-state index is 11.4. The molecule has 6 heteroatoms. The molecular weight excluding hydrogens is 404 g/mol. The molecule has 162 valence electrons. The van der Waals surface area contributed by atoms with Crippen LogP contribution >= 0.6 is 11.1 Å². The van der Waals surface area contributed by atoms with Gasteiger partial charge in [0.25, 0.3) is 0 Å². The Labute approximate surface area is 179 Å². The summed E-state index contributed by atoms with van der Waals surface area (Å²) in [6.45, 7) is 22.0. The van der Waals surface area contributed by atoms with Crippen LogP contribution in [0, 0.1) is 5.92 Å². The van der Waals surface area contributed by atoms with Crippen molar-refractivity contribution in [3.05, 3.63) is 35.9 Å². The van der Waals surface area contributed by atoms with Crippen molar-refractivity contribution >= 4 is 32.7 Å². The van der Waals surface area contributed by atoms with Crippen molar-refractivity contribution in [3.63, 3.8) is 0 Å². The number of rotatable bonds is 6. The predicted octanol–water partition coefficient (Wildman–Crippen LogP) is 7.18. The van der Waals surface area contributed by atoms with E-state index in [0.29, 0.717) is 18.1 Å². The normalized spacial score (nSPS) is 14.1. The first-order valence-electron chi connectivity index (χ1n) is 9.98. The molecule has 3 nitrogen and oxygen atoms in total. The highest BCUT2D eigenvalue weighted by molar-refractivity contribution is 7.20. The molecule has 0 saturated heterocycles. The highest BCUT2D eigenvalue weighted by Gasteiger charge is 2.38. The summed E-state index contributed by atoms with van der Waals surface area (Å²) in [5, 5.41) is 9.81. The summed E-state index contributed by atoms with van der Waals surface area (Å²) in [5.41, 5.74) is 1.04. The minimum absolute atomic E-state index is 0.100. The van der Waals surface area contributed by atoms with Gasteiger partial charge >= 0.3 is 5.97 Å². The van der Waals surface area contributed by atoms with E-state index in [1.165, 1.54) is 0 Å². The molecular formula is C22H41ClO3Si2. The van der Waals surface area contributed by atoms with Gasteiger partial charge in [-0.1, -0.05) is 85.0 Å². The zero-order chi connectivity index (χ0) is 22.4. The number of carboxylic acids is 1. The van der Waals surface area contributed by atoms with Gasteiger partial charge in [0.15, 0.2) is 15.7 Å². The first kappa shape index (κ1) is 27.4. The second-order valence-corrected chi connectivity index (χ2v) is 22.6. The van der Waals surface area contributed by atoms with E-state index in [-0.39, 0.29) is 5.04 Å². The molecule has 1 aromatic rings. The van der Waals surface area contributed by atoms with Crippen LogP contribution in [0.3, 0.4) is 0 Å². The first-order valence-corrected chi connectivity index (χ1v) is 16.9. The molecule has 1 aromatic carbocycles. The third-order valence-electron chi connectivity index (χ3n) is 5.91. The van der Waals surface area contributed by atoms with Gasteiger partial charge in [-0.2, -0.15) is 11.1 Å². The van der Waals surface area contributed by atoms with Gasteiger partial charge in [-0.25, -0.2) is 0 Å². The number of carboxylic acid groups (broad SMARTS) is 1. The number of hydrogen-bond donors (Lipinski definition) is 1. The van der Waals surface area contributed by atoms with Crippen LogP contribution in [-0.2, 0) is 15.6 Å². The molecule has 0 aromatic heterocycles. The molecule has 0 saturated carbocycles. The molecule has 0 aliphatic rings. The number of benzene rings is 1. The molecule has 1 N–H and O–H groups in total. The van der Waals surface area contributed by atoms with E-state index >= 15 is 0 Å². The summed E-state index contributed by atoms with van der Waals surface area (Å²) < 4.78 is 6.05.